The standard InChI is InChI=1S/C17H13Cl2N3S/c1-10-9-11(18)6-7-12(10)16(23)14-15(21-22(2)17(14)19)13-5-3-4-8-20-13/h3-9H,1-2H3. The van der Waals surface area contributed by atoms with E-state index >= 15 is 0 Å². The molecule has 0 fully saturated rings. The first kappa shape index (κ1) is 16.1. The van der Waals surface area contributed by atoms with Crippen molar-refractivity contribution >= 4 is 40.3 Å². The minimum absolute atomic E-state index is 0.491. The molecule has 0 unspecified atom stereocenters. The maximum atomic E-state index is 6.45. The molecule has 2 aromatic heterocycles. The molecule has 3 nitrogen and oxygen atoms in total. The van der Waals surface area contributed by atoms with E-state index in [1.54, 1.807) is 17.9 Å². The van der Waals surface area contributed by atoms with Crippen LogP contribution in [-0.2, 0) is 7.05 Å². The largest absolute Gasteiger partial charge is 0.256 e. The van der Waals surface area contributed by atoms with Crippen LogP contribution in [0.1, 0.15) is 16.7 Å². The molecule has 3 rings (SSSR count). The van der Waals surface area contributed by atoms with Gasteiger partial charge in [-0.25, -0.2) is 0 Å². The molecule has 0 atom stereocenters. The zero-order chi connectivity index (χ0) is 16.6. The Morgan fingerprint density at radius 2 is 1.96 bits per heavy atom. The quantitative estimate of drug-likeness (QED) is 0.492. The van der Waals surface area contributed by atoms with E-state index in [4.69, 9.17) is 35.4 Å². The monoisotopic (exact) mass is 361 g/mol. The molecule has 1 aromatic carbocycles. The predicted octanol–water partition coefficient (Wildman–Crippen LogP) is 4.86. The lowest BCUT2D eigenvalue weighted by Crippen LogP contribution is -2.04. The Labute approximate surface area is 149 Å². The van der Waals surface area contributed by atoms with Crippen LogP contribution in [0.4, 0.5) is 0 Å². The number of nitrogens with zero attached hydrogens (tertiary/aromatic N) is 3. The van der Waals surface area contributed by atoms with Gasteiger partial charge in [-0.15, -0.1) is 0 Å². The summed E-state index contributed by atoms with van der Waals surface area (Å²) in [4.78, 5) is 5.00. The Morgan fingerprint density at radius 3 is 2.61 bits per heavy atom. The average molecular weight is 362 g/mol. The Bertz CT molecular complexity index is 888. The molecule has 0 aliphatic carbocycles. The van der Waals surface area contributed by atoms with Crippen molar-refractivity contribution in [2.75, 3.05) is 0 Å². The normalized spacial score (nSPS) is 10.8. The van der Waals surface area contributed by atoms with Crippen molar-refractivity contribution in [1.82, 2.24) is 14.8 Å². The summed E-state index contributed by atoms with van der Waals surface area (Å²) in [5, 5.41) is 5.65. The number of rotatable bonds is 3. The summed E-state index contributed by atoms with van der Waals surface area (Å²) in [7, 11) is 1.79. The van der Waals surface area contributed by atoms with Gasteiger partial charge in [-0.2, -0.15) is 5.10 Å². The molecule has 6 heteroatoms. The molecule has 0 saturated carbocycles. The fourth-order valence-corrected chi connectivity index (χ4v) is 3.33. The molecule has 0 amide bonds. The number of pyridine rings is 1. The molecule has 23 heavy (non-hydrogen) atoms. The van der Waals surface area contributed by atoms with Crippen LogP contribution >= 0.6 is 35.4 Å². The Hall–Kier alpha value is -1.75. The number of hydrogen-bond donors (Lipinski definition) is 0. The van der Waals surface area contributed by atoms with Gasteiger partial charge in [0, 0.05) is 18.3 Å². The lowest BCUT2D eigenvalue weighted by Gasteiger charge is -2.09. The fourth-order valence-electron chi connectivity index (χ4n) is 2.40. The van der Waals surface area contributed by atoms with Crippen molar-refractivity contribution in [3.8, 4) is 11.4 Å². The maximum Gasteiger partial charge on any atom is 0.136 e. The third-order valence-electron chi connectivity index (χ3n) is 3.54. The third kappa shape index (κ3) is 3.02. The maximum absolute atomic E-state index is 6.45. The van der Waals surface area contributed by atoms with Gasteiger partial charge >= 0.3 is 0 Å². The van der Waals surface area contributed by atoms with Gasteiger partial charge in [-0.05, 0) is 42.3 Å². The first-order valence-corrected chi connectivity index (χ1v) is 8.10. The van der Waals surface area contributed by atoms with E-state index in [0.717, 1.165) is 16.8 Å². The van der Waals surface area contributed by atoms with Crippen LogP contribution in [0.2, 0.25) is 10.2 Å². The average Bonchev–Trinajstić information content (AvgIpc) is 2.83. The summed E-state index contributed by atoms with van der Waals surface area (Å²) in [5.41, 5.74) is 4.04. The van der Waals surface area contributed by atoms with Crippen molar-refractivity contribution in [3.05, 3.63) is 69.5 Å². The molecule has 0 aliphatic rings. The SMILES string of the molecule is Cc1cc(Cl)ccc1C(=S)c1c(-c2ccccn2)nn(C)c1Cl. The van der Waals surface area contributed by atoms with E-state index < -0.39 is 0 Å². The van der Waals surface area contributed by atoms with E-state index in [0.29, 0.717) is 26.3 Å². The highest BCUT2D eigenvalue weighted by molar-refractivity contribution is 7.81. The molecule has 0 spiro atoms. The van der Waals surface area contributed by atoms with Crippen LogP contribution in [0.15, 0.2) is 42.6 Å². The summed E-state index contributed by atoms with van der Waals surface area (Å²) in [6, 6.07) is 11.3. The van der Waals surface area contributed by atoms with Crippen LogP contribution in [0.25, 0.3) is 11.4 Å². The van der Waals surface area contributed by atoms with Crippen LogP contribution in [-0.4, -0.2) is 19.6 Å². The van der Waals surface area contributed by atoms with Gasteiger partial charge in [0.05, 0.1) is 16.1 Å². The van der Waals surface area contributed by atoms with Gasteiger partial charge in [0.25, 0.3) is 0 Å². The first-order valence-electron chi connectivity index (χ1n) is 6.94. The number of hydrogen-bond acceptors (Lipinski definition) is 3. The van der Waals surface area contributed by atoms with Gasteiger partial charge in [0.1, 0.15) is 10.8 Å². The van der Waals surface area contributed by atoms with Gasteiger partial charge in [0.15, 0.2) is 0 Å². The summed E-state index contributed by atoms with van der Waals surface area (Å²) < 4.78 is 1.61. The van der Waals surface area contributed by atoms with Gasteiger partial charge < -0.3 is 0 Å². The minimum Gasteiger partial charge on any atom is -0.256 e. The zero-order valence-electron chi connectivity index (χ0n) is 12.5. The smallest absolute Gasteiger partial charge is 0.136 e. The minimum atomic E-state index is 0.491. The Kier molecular flexibility index (Phi) is 4.48. The van der Waals surface area contributed by atoms with Crippen LogP contribution in [0, 0.1) is 6.92 Å². The van der Waals surface area contributed by atoms with E-state index in [2.05, 4.69) is 10.1 Å². The third-order valence-corrected chi connectivity index (χ3v) is 4.64. The van der Waals surface area contributed by atoms with Crippen molar-refractivity contribution in [3.63, 3.8) is 0 Å². The highest BCUT2D eigenvalue weighted by Crippen LogP contribution is 2.31. The second-order valence-electron chi connectivity index (χ2n) is 5.14. The second-order valence-corrected chi connectivity index (χ2v) is 6.34. The first-order chi connectivity index (χ1) is 11.0. The van der Waals surface area contributed by atoms with Crippen LogP contribution in [0.5, 0.6) is 0 Å². The number of halogens is 2. The van der Waals surface area contributed by atoms with Crippen molar-refractivity contribution in [2.45, 2.75) is 6.92 Å². The molecule has 0 aliphatic heterocycles. The lowest BCUT2D eigenvalue weighted by atomic mass is 9.99. The molecular weight excluding hydrogens is 349 g/mol. The van der Waals surface area contributed by atoms with Gasteiger partial charge in [0.2, 0.25) is 0 Å². The van der Waals surface area contributed by atoms with Crippen molar-refractivity contribution in [1.29, 1.82) is 0 Å². The molecule has 3 aromatic rings. The van der Waals surface area contributed by atoms with Crippen LogP contribution in [0.3, 0.4) is 0 Å². The van der Waals surface area contributed by atoms with E-state index in [9.17, 15) is 0 Å². The molecule has 2 heterocycles. The number of aromatic nitrogens is 3. The summed E-state index contributed by atoms with van der Waals surface area (Å²) in [6.07, 6.45) is 1.72. The topological polar surface area (TPSA) is 30.7 Å². The van der Waals surface area contributed by atoms with E-state index in [-0.39, 0.29) is 0 Å². The second kappa shape index (κ2) is 6.40. The summed E-state index contributed by atoms with van der Waals surface area (Å²) >= 11 is 18.2. The summed E-state index contributed by atoms with van der Waals surface area (Å²) in [6.45, 7) is 1.97. The predicted molar refractivity (Wildman–Crippen MR) is 98.4 cm³/mol. The molecule has 0 bridgehead atoms. The fraction of sp³-hybridized carbons (Fsp3) is 0.118. The highest BCUT2D eigenvalue weighted by Gasteiger charge is 2.22. The molecular formula is C17H13Cl2N3S. The van der Waals surface area contributed by atoms with E-state index in [1.807, 2.05) is 43.3 Å². The number of benzene rings is 1. The number of aryl methyl sites for hydroxylation is 2. The van der Waals surface area contributed by atoms with E-state index in [1.165, 1.54) is 0 Å². The molecule has 0 N–H and O–H groups in total. The Morgan fingerprint density at radius 1 is 1.17 bits per heavy atom. The summed E-state index contributed by atoms with van der Waals surface area (Å²) in [5.74, 6) is 0. The van der Waals surface area contributed by atoms with Gasteiger partial charge in [-0.1, -0.05) is 47.6 Å². The molecule has 116 valence electrons. The van der Waals surface area contributed by atoms with Gasteiger partial charge in [-0.3, -0.25) is 9.67 Å². The Balaban J connectivity index is 2.18. The lowest BCUT2D eigenvalue weighted by molar-refractivity contribution is 0.771. The highest BCUT2D eigenvalue weighted by atomic mass is 35.5. The van der Waals surface area contributed by atoms with Crippen molar-refractivity contribution < 1.29 is 0 Å². The van der Waals surface area contributed by atoms with Crippen LogP contribution < -0.4 is 0 Å². The van der Waals surface area contributed by atoms with Crippen molar-refractivity contribution in [2.24, 2.45) is 7.05 Å². The zero-order valence-corrected chi connectivity index (χ0v) is 14.9. The number of thiocarbonyl (C=S) groups is 1. The molecule has 0 saturated heterocycles. The molecule has 0 radical (unpaired) electrons.